The number of ether oxygens (including phenoxy) is 4. The zero-order valence-electron chi connectivity index (χ0n) is 27.9. The fourth-order valence-electron chi connectivity index (χ4n) is 5.41. The molecule has 270 valence electrons. The van der Waals surface area contributed by atoms with Gasteiger partial charge in [-0.1, -0.05) is 42.5 Å². The Kier molecular flexibility index (Phi) is 13.0. The molecule has 2 heterocycles. The molecule has 1 fully saturated rings. The highest BCUT2D eigenvalue weighted by molar-refractivity contribution is 8.00. The number of benzene rings is 3. The van der Waals surface area contributed by atoms with E-state index in [-0.39, 0.29) is 54.9 Å². The molecule has 2 N–H and O–H groups in total. The highest BCUT2D eigenvalue weighted by atomic mass is 32.2. The van der Waals surface area contributed by atoms with Gasteiger partial charge in [0.2, 0.25) is 0 Å². The summed E-state index contributed by atoms with van der Waals surface area (Å²) in [4.78, 5) is 29.8. The molecule has 0 amide bonds. The molecular formula is C37H34F3N5O6S. The van der Waals surface area contributed by atoms with Crippen LogP contribution in [0.25, 0.3) is 6.08 Å². The Balaban J connectivity index is 1.37. The Labute approximate surface area is 301 Å². The first kappa shape index (κ1) is 38.0. The van der Waals surface area contributed by atoms with Crippen molar-refractivity contribution in [1.82, 2.24) is 14.8 Å². The third-order valence-corrected chi connectivity index (χ3v) is 9.49. The molecule has 1 aliphatic heterocycles. The maximum Gasteiger partial charge on any atom is 0.339 e. The number of nitriles is 1. The van der Waals surface area contributed by atoms with E-state index in [9.17, 15) is 18.4 Å². The molecule has 52 heavy (non-hydrogen) atoms. The van der Waals surface area contributed by atoms with Gasteiger partial charge in [-0.25, -0.2) is 27.6 Å². The molecule has 1 aromatic heterocycles. The van der Waals surface area contributed by atoms with Gasteiger partial charge in [0.15, 0.2) is 11.9 Å². The third kappa shape index (κ3) is 9.53. The first-order chi connectivity index (χ1) is 25.1. The van der Waals surface area contributed by atoms with E-state index >= 15 is 4.39 Å². The molecule has 11 nitrogen and oxygen atoms in total. The van der Waals surface area contributed by atoms with Crippen molar-refractivity contribution in [2.24, 2.45) is 5.73 Å². The lowest BCUT2D eigenvalue weighted by molar-refractivity contribution is -0.146. The predicted octanol–water partition coefficient (Wildman–Crippen LogP) is 5.45. The highest BCUT2D eigenvalue weighted by Gasteiger charge is 2.47. The number of carbonyl (C=O) groups excluding carboxylic acids is 2. The molecular weight excluding hydrogens is 699 g/mol. The number of nitrogens with two attached hydrogens (primary N) is 1. The quantitative estimate of drug-likeness (QED) is 0.130. The molecule has 0 bridgehead atoms. The Morgan fingerprint density at radius 2 is 1.90 bits per heavy atom. The summed E-state index contributed by atoms with van der Waals surface area (Å²) in [6.07, 6.45) is 8.41. The zero-order valence-corrected chi connectivity index (χ0v) is 28.7. The standard InChI is InChI=1S/C37H34F3N5O6S/c1-24(52-29-19-49-35(50-20-29)9-5-3-6-26-11-10-25(16-41)14-32(26)39)37(21-45-23-43-22-44-45,31-13-12-28(38)15-33(31)40)51-36(47)30-8-4-2-7-27(30)18-48-34(46)17-42/h2-15,22-24,29,35H,17-21,42H2,1H3/t24-,29-,35-,37-/m1/s1. The largest absolute Gasteiger partial charge is 0.460 e. The highest BCUT2D eigenvalue weighted by Crippen LogP contribution is 2.42. The minimum atomic E-state index is -1.80. The fourth-order valence-corrected chi connectivity index (χ4v) is 6.77. The predicted molar refractivity (Wildman–Crippen MR) is 185 cm³/mol. The van der Waals surface area contributed by atoms with Gasteiger partial charge in [-0.2, -0.15) is 10.4 Å². The second-order valence-electron chi connectivity index (χ2n) is 11.5. The summed E-state index contributed by atoms with van der Waals surface area (Å²) in [7, 11) is 0. The summed E-state index contributed by atoms with van der Waals surface area (Å²) in [6, 6.07) is 15.4. The minimum absolute atomic E-state index is 0.0601. The lowest BCUT2D eigenvalue weighted by Gasteiger charge is -2.40. The summed E-state index contributed by atoms with van der Waals surface area (Å²) < 4.78 is 68.9. The number of hydrogen-bond acceptors (Lipinski definition) is 11. The summed E-state index contributed by atoms with van der Waals surface area (Å²) in [5.41, 5.74) is 4.38. The van der Waals surface area contributed by atoms with Gasteiger partial charge in [-0.3, -0.25) is 4.79 Å². The van der Waals surface area contributed by atoms with Crippen molar-refractivity contribution < 1.29 is 41.7 Å². The summed E-state index contributed by atoms with van der Waals surface area (Å²) in [5, 5.41) is 12.1. The number of rotatable bonds is 14. The number of thioether (sulfide) groups is 1. The number of halogens is 3. The van der Waals surface area contributed by atoms with Crippen LogP contribution < -0.4 is 5.73 Å². The topological polar surface area (TPSA) is 152 Å². The van der Waals surface area contributed by atoms with E-state index in [2.05, 4.69) is 10.1 Å². The van der Waals surface area contributed by atoms with E-state index in [4.69, 9.17) is 29.9 Å². The van der Waals surface area contributed by atoms with E-state index in [0.717, 1.165) is 12.1 Å². The molecule has 3 aromatic carbocycles. The number of hydrogen-bond donors (Lipinski definition) is 1. The normalized spacial score (nSPS) is 17.8. The first-order valence-electron chi connectivity index (χ1n) is 16.0. The van der Waals surface area contributed by atoms with Crippen LogP contribution in [0.1, 0.15) is 39.5 Å². The molecule has 2 atom stereocenters. The van der Waals surface area contributed by atoms with Gasteiger partial charge < -0.3 is 24.7 Å². The van der Waals surface area contributed by atoms with Crippen LogP contribution >= 0.6 is 11.8 Å². The van der Waals surface area contributed by atoms with Crippen LogP contribution in [-0.2, 0) is 42.5 Å². The van der Waals surface area contributed by atoms with Gasteiger partial charge in [-0.15, -0.1) is 11.8 Å². The molecule has 15 heteroatoms. The van der Waals surface area contributed by atoms with Crippen molar-refractivity contribution in [2.45, 2.75) is 42.5 Å². The van der Waals surface area contributed by atoms with Crippen LogP contribution in [0.5, 0.6) is 0 Å². The van der Waals surface area contributed by atoms with Crippen LogP contribution in [-0.4, -0.2) is 63.3 Å². The van der Waals surface area contributed by atoms with Gasteiger partial charge in [0, 0.05) is 28.0 Å². The number of allylic oxidation sites excluding steroid dienone is 2. The summed E-state index contributed by atoms with van der Waals surface area (Å²) in [6.45, 7) is 1.33. The fraction of sp³-hybridized carbons (Fsp3) is 0.270. The molecule has 5 rings (SSSR count). The van der Waals surface area contributed by atoms with Crippen molar-refractivity contribution in [3.8, 4) is 6.07 Å². The second-order valence-corrected chi connectivity index (χ2v) is 13.2. The van der Waals surface area contributed by atoms with E-state index in [1.165, 1.54) is 53.4 Å². The van der Waals surface area contributed by atoms with Gasteiger partial charge in [-0.05, 0) is 43.3 Å². The van der Waals surface area contributed by atoms with E-state index in [1.54, 1.807) is 49.4 Å². The minimum Gasteiger partial charge on any atom is -0.460 e. The van der Waals surface area contributed by atoms with Gasteiger partial charge in [0.25, 0.3) is 0 Å². The Morgan fingerprint density at radius 1 is 1.12 bits per heavy atom. The number of carbonyl (C=O) groups is 2. The van der Waals surface area contributed by atoms with Crippen molar-refractivity contribution in [3.05, 3.63) is 137 Å². The molecule has 0 unspecified atom stereocenters. The van der Waals surface area contributed by atoms with Crippen LogP contribution in [0.4, 0.5) is 13.2 Å². The smallest absolute Gasteiger partial charge is 0.339 e. The summed E-state index contributed by atoms with van der Waals surface area (Å²) >= 11 is 1.31. The number of nitrogens with zero attached hydrogens (tertiary/aromatic N) is 4. The van der Waals surface area contributed by atoms with E-state index < -0.39 is 46.5 Å². The van der Waals surface area contributed by atoms with Gasteiger partial charge >= 0.3 is 11.9 Å². The lowest BCUT2D eigenvalue weighted by atomic mass is 9.89. The Bertz CT molecular complexity index is 1960. The van der Waals surface area contributed by atoms with Crippen LogP contribution in [0, 0.1) is 28.8 Å². The SMILES string of the molecule is C[C@@H](S[C@H]1CO[C@H](C=CC=Cc2ccc(C#N)cc2F)OC1)[C@@](Cn1cncn1)(OC(=O)c1ccccc1COC(=O)CN)c1ccc(F)cc1F. The molecule has 1 saturated heterocycles. The van der Waals surface area contributed by atoms with Crippen molar-refractivity contribution in [1.29, 1.82) is 5.26 Å². The van der Waals surface area contributed by atoms with Crippen LogP contribution in [0.2, 0.25) is 0 Å². The average molecular weight is 734 g/mol. The van der Waals surface area contributed by atoms with Crippen molar-refractivity contribution in [2.75, 3.05) is 19.8 Å². The molecule has 1 aliphatic rings. The lowest BCUT2D eigenvalue weighted by Crippen LogP contribution is -2.47. The molecule has 0 saturated carbocycles. The van der Waals surface area contributed by atoms with Gasteiger partial charge in [0.05, 0.1) is 48.7 Å². The maximum absolute atomic E-state index is 15.8. The zero-order chi connectivity index (χ0) is 37.1. The van der Waals surface area contributed by atoms with Crippen molar-refractivity contribution in [3.63, 3.8) is 0 Å². The van der Waals surface area contributed by atoms with E-state index in [0.29, 0.717) is 17.2 Å². The summed E-state index contributed by atoms with van der Waals surface area (Å²) in [5.74, 6) is -3.82. The van der Waals surface area contributed by atoms with Crippen molar-refractivity contribution >= 4 is 29.8 Å². The Hall–Kier alpha value is -5.27. The first-order valence-corrected chi connectivity index (χ1v) is 16.9. The van der Waals surface area contributed by atoms with E-state index in [1.807, 2.05) is 6.07 Å². The van der Waals surface area contributed by atoms with Crippen LogP contribution in [0.3, 0.4) is 0 Å². The molecule has 4 aromatic rings. The number of aromatic nitrogens is 3. The molecule has 0 spiro atoms. The Morgan fingerprint density at radius 3 is 2.60 bits per heavy atom. The third-order valence-electron chi connectivity index (χ3n) is 8.05. The van der Waals surface area contributed by atoms with Crippen LogP contribution in [0.15, 0.2) is 91.5 Å². The molecule has 0 aliphatic carbocycles. The maximum atomic E-state index is 15.8. The van der Waals surface area contributed by atoms with Gasteiger partial charge in [0.1, 0.15) is 36.7 Å². The number of esters is 2. The molecule has 0 radical (unpaired) electrons. The monoisotopic (exact) mass is 733 g/mol. The second kappa shape index (κ2) is 17.8. The average Bonchev–Trinajstić information content (AvgIpc) is 3.66.